The predicted molar refractivity (Wildman–Crippen MR) is 97.1 cm³/mol. The Morgan fingerprint density at radius 3 is 2.88 bits per heavy atom. The second kappa shape index (κ2) is 6.88. The van der Waals surface area contributed by atoms with Crippen molar-refractivity contribution in [1.29, 1.82) is 0 Å². The van der Waals surface area contributed by atoms with Crippen LogP contribution in [0.4, 0.5) is 0 Å². The zero-order valence-corrected chi connectivity index (χ0v) is 16.0. The normalized spacial score (nSPS) is 14.8. The Kier molecular flexibility index (Phi) is 4.58. The van der Waals surface area contributed by atoms with Crippen molar-refractivity contribution in [3.8, 4) is 0 Å². The van der Waals surface area contributed by atoms with Gasteiger partial charge in [-0.2, -0.15) is 14.6 Å². The lowest BCUT2D eigenvalue weighted by Gasteiger charge is -2.13. The summed E-state index contributed by atoms with van der Waals surface area (Å²) < 4.78 is 6.69. The third-order valence-corrected chi connectivity index (χ3v) is 5.25. The van der Waals surface area contributed by atoms with Gasteiger partial charge in [0.1, 0.15) is 5.01 Å². The van der Waals surface area contributed by atoms with E-state index in [9.17, 15) is 4.79 Å². The molecule has 8 nitrogen and oxygen atoms in total. The molecule has 1 saturated carbocycles. The summed E-state index contributed by atoms with van der Waals surface area (Å²) in [6.45, 7) is 5.31. The van der Waals surface area contributed by atoms with E-state index in [1.807, 2.05) is 11.9 Å². The number of rotatable bonds is 7. The van der Waals surface area contributed by atoms with Gasteiger partial charge < -0.3 is 4.52 Å². The Balaban J connectivity index is 1.46. The molecule has 1 aliphatic carbocycles. The van der Waals surface area contributed by atoms with E-state index in [0.717, 1.165) is 30.0 Å². The summed E-state index contributed by atoms with van der Waals surface area (Å²) in [6.07, 6.45) is 3.10. The summed E-state index contributed by atoms with van der Waals surface area (Å²) in [5.74, 6) is 2.31. The van der Waals surface area contributed by atoms with E-state index < -0.39 is 0 Å². The number of aromatic nitrogens is 5. The fourth-order valence-electron chi connectivity index (χ4n) is 2.81. The van der Waals surface area contributed by atoms with Crippen molar-refractivity contribution in [3.63, 3.8) is 0 Å². The van der Waals surface area contributed by atoms with Crippen molar-refractivity contribution in [3.05, 3.63) is 38.8 Å². The highest BCUT2D eigenvalue weighted by Gasteiger charge is 2.28. The highest BCUT2D eigenvalue weighted by atomic mass is 32.1. The molecule has 0 atom stereocenters. The molecule has 4 rings (SSSR count). The molecule has 1 aliphatic rings. The average molecular weight is 374 g/mol. The largest absolute Gasteiger partial charge is 0.339 e. The minimum atomic E-state index is -0.125. The lowest BCUT2D eigenvalue weighted by Crippen LogP contribution is -2.22. The molecule has 9 heteroatoms. The summed E-state index contributed by atoms with van der Waals surface area (Å²) >= 11 is 1.52. The number of fused-ring (bicyclic) bond motifs is 1. The Morgan fingerprint density at radius 1 is 1.35 bits per heavy atom. The molecule has 3 heterocycles. The Morgan fingerprint density at radius 2 is 2.15 bits per heavy atom. The zero-order valence-electron chi connectivity index (χ0n) is 15.2. The molecule has 0 bridgehead atoms. The van der Waals surface area contributed by atoms with Crippen molar-refractivity contribution >= 4 is 16.3 Å². The van der Waals surface area contributed by atoms with E-state index in [4.69, 9.17) is 4.52 Å². The van der Waals surface area contributed by atoms with Gasteiger partial charge >= 0.3 is 0 Å². The Labute approximate surface area is 154 Å². The number of nitrogens with zero attached hydrogens (tertiary/aromatic N) is 6. The maximum atomic E-state index is 12.3. The summed E-state index contributed by atoms with van der Waals surface area (Å²) in [7, 11) is 1.95. The second-order valence-electron chi connectivity index (χ2n) is 7.37. The van der Waals surface area contributed by atoms with Crippen LogP contribution in [0.25, 0.3) is 4.96 Å². The van der Waals surface area contributed by atoms with E-state index >= 15 is 0 Å². The lowest BCUT2D eigenvalue weighted by molar-refractivity contribution is 0.295. The number of hydrogen-bond donors (Lipinski definition) is 0. The Bertz CT molecular complexity index is 971. The van der Waals surface area contributed by atoms with Gasteiger partial charge in [-0.25, -0.2) is 4.98 Å². The van der Waals surface area contributed by atoms with E-state index in [-0.39, 0.29) is 5.56 Å². The van der Waals surface area contributed by atoms with Gasteiger partial charge in [-0.3, -0.25) is 9.69 Å². The van der Waals surface area contributed by atoms with Gasteiger partial charge in [0.05, 0.1) is 12.2 Å². The first kappa shape index (κ1) is 17.3. The van der Waals surface area contributed by atoms with Crippen molar-refractivity contribution < 1.29 is 4.52 Å². The lowest BCUT2D eigenvalue weighted by atomic mass is 10.1. The predicted octanol–water partition coefficient (Wildman–Crippen LogP) is 2.24. The van der Waals surface area contributed by atoms with Crippen LogP contribution < -0.4 is 5.56 Å². The monoisotopic (exact) mass is 374 g/mol. The maximum Gasteiger partial charge on any atom is 0.275 e. The summed E-state index contributed by atoms with van der Waals surface area (Å²) in [5.41, 5.74) is 0.606. The molecule has 138 valence electrons. The topological polar surface area (TPSA) is 89.4 Å². The van der Waals surface area contributed by atoms with Gasteiger partial charge in [0.2, 0.25) is 10.9 Å². The zero-order chi connectivity index (χ0) is 18.3. The molecule has 3 aromatic rings. The molecule has 1 fully saturated rings. The first-order valence-corrected chi connectivity index (χ1v) is 9.69. The first-order valence-electron chi connectivity index (χ1n) is 8.87. The Hall–Kier alpha value is -2.13. The molecule has 0 N–H and O–H groups in total. The molecule has 3 aromatic heterocycles. The third-order valence-electron chi connectivity index (χ3n) is 4.18. The van der Waals surface area contributed by atoms with Crippen LogP contribution in [0, 0.1) is 5.92 Å². The fourth-order valence-corrected chi connectivity index (χ4v) is 3.90. The van der Waals surface area contributed by atoms with Gasteiger partial charge in [0.15, 0.2) is 5.82 Å². The van der Waals surface area contributed by atoms with Gasteiger partial charge in [0, 0.05) is 24.9 Å². The van der Waals surface area contributed by atoms with Crippen LogP contribution >= 0.6 is 11.3 Å². The minimum Gasteiger partial charge on any atom is -0.339 e. The standard InChI is InChI=1S/C17H22N6O2S/c1-10(2)6-14-19-13(21-25-14)9-22(3)8-12-7-15(24)23-17(18-12)26-16(20-23)11-4-5-11/h7,10-11H,4-6,8-9H2,1-3H3. The van der Waals surface area contributed by atoms with Crippen molar-refractivity contribution in [2.75, 3.05) is 7.05 Å². The average Bonchev–Trinajstić information content (AvgIpc) is 3.18. The molecule has 0 unspecified atom stereocenters. The van der Waals surface area contributed by atoms with E-state index in [1.165, 1.54) is 15.9 Å². The van der Waals surface area contributed by atoms with Crippen LogP contribution in [0.2, 0.25) is 0 Å². The van der Waals surface area contributed by atoms with E-state index in [0.29, 0.717) is 41.6 Å². The third kappa shape index (κ3) is 3.83. The van der Waals surface area contributed by atoms with Crippen LogP contribution in [0.1, 0.15) is 55.0 Å². The van der Waals surface area contributed by atoms with Crippen LogP contribution in [-0.4, -0.2) is 36.7 Å². The SMILES string of the molecule is CC(C)Cc1nc(CN(C)Cc2cc(=O)n3nc(C4CC4)sc3n2)no1. The minimum absolute atomic E-state index is 0.125. The first-order chi connectivity index (χ1) is 12.5. The van der Waals surface area contributed by atoms with Crippen molar-refractivity contribution in [2.45, 2.75) is 52.1 Å². The maximum absolute atomic E-state index is 12.3. The highest BCUT2D eigenvalue weighted by Crippen LogP contribution is 2.41. The highest BCUT2D eigenvalue weighted by molar-refractivity contribution is 7.16. The molecular weight excluding hydrogens is 352 g/mol. The smallest absolute Gasteiger partial charge is 0.275 e. The van der Waals surface area contributed by atoms with Crippen molar-refractivity contribution in [1.82, 2.24) is 29.6 Å². The molecule has 0 radical (unpaired) electrons. The quantitative estimate of drug-likeness (QED) is 0.626. The van der Waals surface area contributed by atoms with Gasteiger partial charge in [-0.15, -0.1) is 0 Å². The van der Waals surface area contributed by atoms with E-state index in [2.05, 4.69) is 34.1 Å². The van der Waals surface area contributed by atoms with Crippen molar-refractivity contribution in [2.24, 2.45) is 5.92 Å². The van der Waals surface area contributed by atoms with Gasteiger partial charge in [-0.1, -0.05) is 30.3 Å². The molecule has 26 heavy (non-hydrogen) atoms. The van der Waals surface area contributed by atoms with Crippen LogP contribution in [0.15, 0.2) is 15.4 Å². The second-order valence-corrected chi connectivity index (χ2v) is 8.36. The van der Waals surface area contributed by atoms with Crippen LogP contribution in [0.5, 0.6) is 0 Å². The summed E-state index contributed by atoms with van der Waals surface area (Å²) in [4.78, 5) is 24.0. The van der Waals surface area contributed by atoms with Gasteiger partial charge in [0.25, 0.3) is 5.56 Å². The molecule has 0 aromatic carbocycles. The fraction of sp³-hybridized carbons (Fsp3) is 0.588. The van der Waals surface area contributed by atoms with Gasteiger partial charge in [-0.05, 0) is 25.8 Å². The molecule has 0 saturated heterocycles. The molecule has 0 spiro atoms. The molecule has 0 aliphatic heterocycles. The van der Waals surface area contributed by atoms with Crippen LogP contribution in [0.3, 0.4) is 0 Å². The number of hydrogen-bond acceptors (Lipinski definition) is 8. The van der Waals surface area contributed by atoms with Crippen LogP contribution in [-0.2, 0) is 19.5 Å². The summed E-state index contributed by atoms with van der Waals surface area (Å²) in [5, 5.41) is 9.45. The molecular formula is C17H22N6O2S. The van der Waals surface area contributed by atoms with E-state index in [1.54, 1.807) is 6.07 Å². The summed E-state index contributed by atoms with van der Waals surface area (Å²) in [6, 6.07) is 1.56. The molecule has 0 amide bonds.